The van der Waals surface area contributed by atoms with E-state index in [0.717, 1.165) is 10.6 Å². The predicted octanol–water partition coefficient (Wildman–Crippen LogP) is 3.60. The van der Waals surface area contributed by atoms with Gasteiger partial charge < -0.3 is 5.73 Å². The molecule has 1 unspecified atom stereocenters. The maximum Gasteiger partial charge on any atom is 0.0410 e. The lowest BCUT2D eigenvalue weighted by Gasteiger charge is -2.17. The molecular formula is C10H13ClIN. The van der Waals surface area contributed by atoms with E-state index in [-0.39, 0.29) is 6.04 Å². The Morgan fingerprint density at radius 1 is 1.38 bits per heavy atom. The van der Waals surface area contributed by atoms with E-state index in [1.807, 2.05) is 18.2 Å². The fourth-order valence-electron chi connectivity index (χ4n) is 1.13. The number of hydrogen-bond acceptors (Lipinski definition) is 1. The van der Waals surface area contributed by atoms with Gasteiger partial charge in [-0.15, -0.1) is 0 Å². The minimum atomic E-state index is 0.0746. The van der Waals surface area contributed by atoms with E-state index in [9.17, 15) is 0 Å². The summed E-state index contributed by atoms with van der Waals surface area (Å²) in [4.78, 5) is 0. The highest BCUT2D eigenvalue weighted by Gasteiger charge is 2.13. The molecule has 1 atom stereocenters. The molecule has 0 fully saturated rings. The van der Waals surface area contributed by atoms with Crippen molar-refractivity contribution in [1.82, 2.24) is 0 Å². The Kier molecular flexibility index (Phi) is 4.01. The number of nitrogens with two attached hydrogens (primary N) is 1. The summed E-state index contributed by atoms with van der Waals surface area (Å²) < 4.78 is 1.18. The zero-order valence-electron chi connectivity index (χ0n) is 7.72. The molecule has 0 aliphatic rings. The molecule has 1 nitrogen and oxygen atoms in total. The number of benzene rings is 1. The molecule has 0 saturated carbocycles. The third-order valence-electron chi connectivity index (χ3n) is 2.04. The van der Waals surface area contributed by atoms with Crippen molar-refractivity contribution in [3.63, 3.8) is 0 Å². The molecule has 0 heterocycles. The molecule has 1 aromatic carbocycles. The Morgan fingerprint density at radius 2 is 2.00 bits per heavy atom. The molecule has 1 aromatic rings. The molecule has 0 bridgehead atoms. The van der Waals surface area contributed by atoms with Crippen LogP contribution in [0.15, 0.2) is 18.2 Å². The highest BCUT2D eigenvalue weighted by Crippen LogP contribution is 2.26. The zero-order valence-corrected chi connectivity index (χ0v) is 10.6. The summed E-state index contributed by atoms with van der Waals surface area (Å²) in [5.41, 5.74) is 7.19. The van der Waals surface area contributed by atoms with Crippen LogP contribution in [0.2, 0.25) is 5.02 Å². The van der Waals surface area contributed by atoms with Crippen molar-refractivity contribution in [2.75, 3.05) is 0 Å². The van der Waals surface area contributed by atoms with Gasteiger partial charge in [-0.2, -0.15) is 0 Å². The third kappa shape index (κ3) is 2.82. The van der Waals surface area contributed by atoms with Crippen molar-refractivity contribution in [1.29, 1.82) is 0 Å². The molecule has 0 aliphatic carbocycles. The Labute approximate surface area is 97.8 Å². The van der Waals surface area contributed by atoms with Crippen LogP contribution in [-0.2, 0) is 0 Å². The fraction of sp³-hybridized carbons (Fsp3) is 0.400. The van der Waals surface area contributed by atoms with Crippen LogP contribution in [0.1, 0.15) is 25.5 Å². The van der Waals surface area contributed by atoms with Gasteiger partial charge in [-0.05, 0) is 52.3 Å². The van der Waals surface area contributed by atoms with Crippen molar-refractivity contribution in [2.24, 2.45) is 11.7 Å². The van der Waals surface area contributed by atoms with Gasteiger partial charge in [-0.25, -0.2) is 0 Å². The number of hydrogen-bond donors (Lipinski definition) is 1. The van der Waals surface area contributed by atoms with Gasteiger partial charge >= 0.3 is 0 Å². The van der Waals surface area contributed by atoms with Gasteiger partial charge in [-0.3, -0.25) is 0 Å². The van der Waals surface area contributed by atoms with E-state index in [1.165, 1.54) is 3.57 Å². The summed E-state index contributed by atoms with van der Waals surface area (Å²) >= 11 is 8.19. The van der Waals surface area contributed by atoms with Crippen LogP contribution < -0.4 is 5.73 Å². The predicted molar refractivity (Wildman–Crippen MR) is 65.9 cm³/mol. The van der Waals surface area contributed by atoms with Crippen LogP contribution in [0.5, 0.6) is 0 Å². The summed E-state index contributed by atoms with van der Waals surface area (Å²) in [7, 11) is 0. The highest BCUT2D eigenvalue weighted by molar-refractivity contribution is 14.1. The minimum absolute atomic E-state index is 0.0746. The van der Waals surface area contributed by atoms with E-state index in [0.29, 0.717) is 5.92 Å². The van der Waals surface area contributed by atoms with E-state index < -0.39 is 0 Å². The van der Waals surface area contributed by atoms with Gasteiger partial charge in [0, 0.05) is 14.6 Å². The van der Waals surface area contributed by atoms with Gasteiger partial charge in [0.25, 0.3) is 0 Å². The van der Waals surface area contributed by atoms with Crippen LogP contribution in [-0.4, -0.2) is 0 Å². The monoisotopic (exact) mass is 309 g/mol. The summed E-state index contributed by atoms with van der Waals surface area (Å²) in [6.45, 7) is 4.23. The molecule has 0 radical (unpaired) electrons. The minimum Gasteiger partial charge on any atom is -0.324 e. The average Bonchev–Trinajstić information content (AvgIpc) is 2.08. The number of halogens is 2. The van der Waals surface area contributed by atoms with Crippen molar-refractivity contribution >= 4 is 34.2 Å². The normalized spacial score (nSPS) is 13.4. The van der Waals surface area contributed by atoms with Crippen LogP contribution >= 0.6 is 34.2 Å². The molecule has 72 valence electrons. The summed E-state index contributed by atoms with van der Waals surface area (Å²) in [6.07, 6.45) is 0. The number of rotatable bonds is 2. The molecule has 13 heavy (non-hydrogen) atoms. The van der Waals surface area contributed by atoms with Crippen molar-refractivity contribution in [3.8, 4) is 0 Å². The van der Waals surface area contributed by atoms with E-state index in [4.69, 9.17) is 17.3 Å². The van der Waals surface area contributed by atoms with Crippen molar-refractivity contribution in [2.45, 2.75) is 19.9 Å². The average molecular weight is 310 g/mol. The Balaban J connectivity index is 3.05. The Bertz CT molecular complexity index is 299. The lowest BCUT2D eigenvalue weighted by molar-refractivity contribution is 0.512. The van der Waals surface area contributed by atoms with Gasteiger partial charge in [-0.1, -0.05) is 25.4 Å². The first-order valence-electron chi connectivity index (χ1n) is 4.23. The second-order valence-corrected chi connectivity index (χ2v) is 5.03. The standard InChI is InChI=1S/C10H13ClIN/c1-6(2)10(13)8-5-7(11)3-4-9(8)12/h3-6,10H,13H2,1-2H3. The van der Waals surface area contributed by atoms with Gasteiger partial charge in [0.15, 0.2) is 0 Å². The van der Waals surface area contributed by atoms with Crippen molar-refractivity contribution < 1.29 is 0 Å². The molecule has 0 aromatic heterocycles. The molecule has 1 rings (SSSR count). The lowest BCUT2D eigenvalue weighted by atomic mass is 9.97. The summed E-state index contributed by atoms with van der Waals surface area (Å²) in [5, 5.41) is 0.756. The Hall–Kier alpha value is 0.200. The SMILES string of the molecule is CC(C)C(N)c1cc(Cl)ccc1I. The first-order valence-corrected chi connectivity index (χ1v) is 5.68. The quantitative estimate of drug-likeness (QED) is 0.830. The Morgan fingerprint density at radius 3 is 2.54 bits per heavy atom. The molecule has 0 amide bonds. The van der Waals surface area contributed by atoms with E-state index in [1.54, 1.807) is 0 Å². The molecular weight excluding hydrogens is 296 g/mol. The maximum atomic E-state index is 6.04. The molecule has 0 saturated heterocycles. The molecule has 2 N–H and O–H groups in total. The smallest absolute Gasteiger partial charge is 0.0410 e. The first-order chi connectivity index (χ1) is 6.02. The van der Waals surface area contributed by atoms with Crippen LogP contribution in [0, 0.1) is 9.49 Å². The summed E-state index contributed by atoms with van der Waals surface area (Å²) in [6, 6.07) is 5.92. The van der Waals surface area contributed by atoms with Crippen LogP contribution in [0.25, 0.3) is 0 Å². The highest BCUT2D eigenvalue weighted by atomic mass is 127. The topological polar surface area (TPSA) is 26.0 Å². The van der Waals surface area contributed by atoms with Gasteiger partial charge in [0.1, 0.15) is 0 Å². The maximum absolute atomic E-state index is 6.04. The van der Waals surface area contributed by atoms with E-state index in [2.05, 4.69) is 36.4 Å². The van der Waals surface area contributed by atoms with Crippen molar-refractivity contribution in [3.05, 3.63) is 32.4 Å². The van der Waals surface area contributed by atoms with E-state index >= 15 is 0 Å². The lowest BCUT2D eigenvalue weighted by Crippen LogP contribution is -2.17. The molecule has 0 aliphatic heterocycles. The van der Waals surface area contributed by atoms with Gasteiger partial charge in [0.2, 0.25) is 0 Å². The largest absolute Gasteiger partial charge is 0.324 e. The van der Waals surface area contributed by atoms with Gasteiger partial charge in [0.05, 0.1) is 0 Å². The second kappa shape index (κ2) is 4.62. The molecule has 3 heteroatoms. The molecule has 0 spiro atoms. The fourth-order valence-corrected chi connectivity index (χ4v) is 2.00. The second-order valence-electron chi connectivity index (χ2n) is 3.44. The van der Waals surface area contributed by atoms with Crippen LogP contribution in [0.3, 0.4) is 0 Å². The summed E-state index contributed by atoms with van der Waals surface area (Å²) in [5.74, 6) is 0.437. The first kappa shape index (κ1) is 11.3. The van der Waals surface area contributed by atoms with Crippen LogP contribution in [0.4, 0.5) is 0 Å². The third-order valence-corrected chi connectivity index (χ3v) is 3.25. The zero-order chi connectivity index (χ0) is 10.0.